The van der Waals surface area contributed by atoms with Crippen molar-refractivity contribution in [3.05, 3.63) is 59.7 Å². The lowest BCUT2D eigenvalue weighted by molar-refractivity contribution is 1.52. The second-order valence-corrected chi connectivity index (χ2v) is 5.19. The summed E-state index contributed by atoms with van der Waals surface area (Å²) in [5.74, 6) is 0. The molecular formula is C18H14. The Morgan fingerprint density at radius 3 is 2.22 bits per heavy atom. The number of hydrogen-bond acceptors (Lipinski definition) is 0. The maximum Gasteiger partial charge on any atom is -0.00215 e. The monoisotopic (exact) mass is 230 g/mol. The molecule has 0 atom stereocenters. The second-order valence-electron chi connectivity index (χ2n) is 5.19. The Hall–Kier alpha value is -2.08. The summed E-state index contributed by atoms with van der Waals surface area (Å²) in [7, 11) is 0. The standard InChI is InChI=1S/C18H14/c1-11-6-8-16-12(2)10-14-5-3-4-13-7-9-15(11)18(16)17(13)14/h3-10H,1-2H3. The topological polar surface area (TPSA) is 0 Å². The molecule has 0 heterocycles. The van der Waals surface area contributed by atoms with E-state index in [1.54, 1.807) is 0 Å². The van der Waals surface area contributed by atoms with Gasteiger partial charge in [0.25, 0.3) is 0 Å². The molecule has 0 aromatic heterocycles. The third kappa shape index (κ3) is 1.10. The van der Waals surface area contributed by atoms with Crippen molar-refractivity contribution in [3.63, 3.8) is 0 Å². The Morgan fingerprint density at radius 1 is 0.611 bits per heavy atom. The van der Waals surface area contributed by atoms with Crippen LogP contribution in [0.15, 0.2) is 48.5 Å². The highest BCUT2D eigenvalue weighted by atomic mass is 14.1. The van der Waals surface area contributed by atoms with E-state index in [2.05, 4.69) is 62.4 Å². The van der Waals surface area contributed by atoms with Crippen molar-refractivity contribution in [2.24, 2.45) is 0 Å². The molecule has 4 aromatic carbocycles. The van der Waals surface area contributed by atoms with Crippen molar-refractivity contribution in [2.45, 2.75) is 13.8 Å². The minimum absolute atomic E-state index is 1.34. The van der Waals surface area contributed by atoms with Gasteiger partial charge in [-0.1, -0.05) is 48.5 Å². The molecule has 0 saturated carbocycles. The molecule has 0 aliphatic carbocycles. The number of aryl methyl sites for hydroxylation is 2. The average Bonchev–Trinajstić information content (AvgIpc) is 2.38. The van der Waals surface area contributed by atoms with E-state index < -0.39 is 0 Å². The van der Waals surface area contributed by atoms with E-state index in [4.69, 9.17) is 0 Å². The Bertz CT molecular complexity index is 879. The molecule has 4 aromatic rings. The molecule has 0 N–H and O–H groups in total. The number of rotatable bonds is 0. The molecule has 18 heavy (non-hydrogen) atoms. The fraction of sp³-hybridized carbons (Fsp3) is 0.111. The largest absolute Gasteiger partial charge is 0.0610 e. The maximum absolute atomic E-state index is 2.30. The average molecular weight is 230 g/mol. The van der Waals surface area contributed by atoms with E-state index in [9.17, 15) is 0 Å². The third-order valence-electron chi connectivity index (χ3n) is 4.07. The Balaban J connectivity index is 2.49. The van der Waals surface area contributed by atoms with Crippen LogP contribution in [0.4, 0.5) is 0 Å². The van der Waals surface area contributed by atoms with Gasteiger partial charge in [-0.25, -0.2) is 0 Å². The van der Waals surface area contributed by atoms with Gasteiger partial charge in [0.1, 0.15) is 0 Å². The summed E-state index contributed by atoms with van der Waals surface area (Å²) in [6.45, 7) is 4.40. The van der Waals surface area contributed by atoms with Gasteiger partial charge in [-0.2, -0.15) is 0 Å². The van der Waals surface area contributed by atoms with Crippen LogP contribution in [-0.4, -0.2) is 0 Å². The van der Waals surface area contributed by atoms with Crippen LogP contribution in [0.3, 0.4) is 0 Å². The van der Waals surface area contributed by atoms with E-state index in [-0.39, 0.29) is 0 Å². The summed E-state index contributed by atoms with van der Waals surface area (Å²) >= 11 is 0. The maximum atomic E-state index is 2.30. The summed E-state index contributed by atoms with van der Waals surface area (Å²) in [4.78, 5) is 0. The van der Waals surface area contributed by atoms with E-state index in [0.29, 0.717) is 0 Å². The quantitative estimate of drug-likeness (QED) is 0.364. The minimum Gasteiger partial charge on any atom is -0.0610 e. The fourth-order valence-corrected chi connectivity index (χ4v) is 3.16. The molecule has 0 aliphatic rings. The highest BCUT2D eigenvalue weighted by Crippen LogP contribution is 2.37. The van der Waals surface area contributed by atoms with E-state index in [1.165, 1.54) is 43.4 Å². The van der Waals surface area contributed by atoms with Crippen molar-refractivity contribution in [1.82, 2.24) is 0 Å². The predicted molar refractivity (Wildman–Crippen MR) is 79.6 cm³/mol. The van der Waals surface area contributed by atoms with Gasteiger partial charge >= 0.3 is 0 Å². The number of hydrogen-bond donors (Lipinski definition) is 0. The Kier molecular flexibility index (Phi) is 1.78. The molecule has 0 unspecified atom stereocenters. The summed E-state index contributed by atoms with van der Waals surface area (Å²) in [5, 5.41) is 8.33. The van der Waals surface area contributed by atoms with Gasteiger partial charge in [-0.15, -0.1) is 0 Å². The van der Waals surface area contributed by atoms with Gasteiger partial charge in [0.2, 0.25) is 0 Å². The molecule has 4 rings (SSSR count). The zero-order valence-electron chi connectivity index (χ0n) is 10.6. The minimum atomic E-state index is 1.34. The normalized spacial score (nSPS) is 11.9. The van der Waals surface area contributed by atoms with Crippen LogP contribution in [0.25, 0.3) is 32.3 Å². The predicted octanol–water partition coefficient (Wildman–Crippen LogP) is 5.20. The third-order valence-corrected chi connectivity index (χ3v) is 4.07. The van der Waals surface area contributed by atoms with E-state index >= 15 is 0 Å². The van der Waals surface area contributed by atoms with Crippen LogP contribution >= 0.6 is 0 Å². The molecule has 0 fully saturated rings. The Labute approximate surface area is 106 Å². The van der Waals surface area contributed by atoms with Gasteiger partial charge in [-0.3, -0.25) is 0 Å². The molecule has 0 aliphatic heterocycles. The Morgan fingerprint density at radius 2 is 1.33 bits per heavy atom. The summed E-state index contributed by atoms with van der Waals surface area (Å²) in [5.41, 5.74) is 2.73. The molecule has 0 amide bonds. The van der Waals surface area contributed by atoms with Gasteiger partial charge in [0.15, 0.2) is 0 Å². The van der Waals surface area contributed by atoms with Gasteiger partial charge in [0.05, 0.1) is 0 Å². The van der Waals surface area contributed by atoms with Gasteiger partial charge < -0.3 is 0 Å². The van der Waals surface area contributed by atoms with Crippen LogP contribution in [0.5, 0.6) is 0 Å². The fourth-order valence-electron chi connectivity index (χ4n) is 3.16. The summed E-state index contributed by atoms with van der Waals surface area (Å²) < 4.78 is 0. The first kappa shape index (κ1) is 9.90. The zero-order valence-corrected chi connectivity index (χ0v) is 10.6. The molecule has 0 nitrogen and oxygen atoms in total. The van der Waals surface area contributed by atoms with Crippen molar-refractivity contribution in [2.75, 3.05) is 0 Å². The van der Waals surface area contributed by atoms with Crippen molar-refractivity contribution >= 4 is 32.3 Å². The lowest BCUT2D eigenvalue weighted by atomic mass is 9.90. The molecule has 0 heteroatoms. The summed E-state index contributed by atoms with van der Waals surface area (Å²) in [6, 6.07) is 17.9. The van der Waals surface area contributed by atoms with Gasteiger partial charge in [-0.05, 0) is 57.3 Å². The van der Waals surface area contributed by atoms with Crippen LogP contribution in [0, 0.1) is 13.8 Å². The van der Waals surface area contributed by atoms with Crippen molar-refractivity contribution < 1.29 is 0 Å². The first-order valence-corrected chi connectivity index (χ1v) is 6.39. The smallest absolute Gasteiger partial charge is 0.00215 e. The van der Waals surface area contributed by atoms with E-state index in [0.717, 1.165) is 0 Å². The molecule has 0 radical (unpaired) electrons. The molecule has 0 saturated heterocycles. The highest BCUT2D eigenvalue weighted by Gasteiger charge is 2.10. The van der Waals surface area contributed by atoms with Crippen molar-refractivity contribution in [3.8, 4) is 0 Å². The summed E-state index contributed by atoms with van der Waals surface area (Å²) in [6.07, 6.45) is 0. The van der Waals surface area contributed by atoms with E-state index in [1.807, 2.05) is 0 Å². The van der Waals surface area contributed by atoms with Crippen LogP contribution in [-0.2, 0) is 0 Å². The zero-order chi connectivity index (χ0) is 12.3. The van der Waals surface area contributed by atoms with Crippen LogP contribution in [0.1, 0.15) is 11.1 Å². The first-order chi connectivity index (χ1) is 8.75. The highest BCUT2D eigenvalue weighted by molar-refractivity contribution is 6.24. The second kappa shape index (κ2) is 3.23. The van der Waals surface area contributed by atoms with Crippen LogP contribution in [0.2, 0.25) is 0 Å². The molecule has 0 spiro atoms. The molecule has 0 bridgehead atoms. The SMILES string of the molecule is Cc1ccc2c(C)cc3cccc4ccc1c2c43. The first-order valence-electron chi connectivity index (χ1n) is 6.39. The van der Waals surface area contributed by atoms with Gasteiger partial charge in [0, 0.05) is 0 Å². The lowest BCUT2D eigenvalue weighted by Crippen LogP contribution is -1.88. The lowest BCUT2D eigenvalue weighted by Gasteiger charge is -2.14. The van der Waals surface area contributed by atoms with Crippen LogP contribution < -0.4 is 0 Å². The van der Waals surface area contributed by atoms with Crippen molar-refractivity contribution in [1.29, 1.82) is 0 Å². The molecule has 86 valence electrons. The number of benzene rings is 4. The molecular weight excluding hydrogens is 216 g/mol.